The van der Waals surface area contributed by atoms with E-state index >= 15 is 0 Å². The van der Waals surface area contributed by atoms with Gasteiger partial charge in [-0.3, -0.25) is 0 Å². The topological polar surface area (TPSA) is 49.4 Å². The molecule has 0 N–H and O–H groups in total. The predicted octanol–water partition coefficient (Wildman–Crippen LogP) is 5.79. The van der Waals surface area contributed by atoms with Gasteiger partial charge in [-0.15, -0.1) is 13.2 Å². The van der Waals surface area contributed by atoms with Gasteiger partial charge < -0.3 is 18.6 Å². The van der Waals surface area contributed by atoms with E-state index in [1.54, 1.807) is 24.3 Å². The van der Waals surface area contributed by atoms with Crippen LogP contribution in [0.4, 0.5) is 13.2 Å². The number of fused-ring (bicyclic) bond motifs is 1. The smallest absolute Gasteiger partial charge is 0.469 e. The molecule has 0 spiro atoms. The Labute approximate surface area is 164 Å². The maximum absolute atomic E-state index is 12.3. The van der Waals surface area contributed by atoms with E-state index in [9.17, 15) is 13.2 Å². The molecule has 2 heterocycles. The van der Waals surface area contributed by atoms with Gasteiger partial charge in [0.2, 0.25) is 0 Å². The maximum atomic E-state index is 12.3. The molecule has 0 radical (unpaired) electrons. The highest BCUT2D eigenvalue weighted by molar-refractivity contribution is 5.87. The summed E-state index contributed by atoms with van der Waals surface area (Å²) in [6.07, 6.45) is -2.74. The Bertz CT molecular complexity index is 1110. The van der Waals surface area contributed by atoms with Crippen LogP contribution in [0.5, 0.6) is 11.6 Å². The molecule has 0 aliphatic heterocycles. The SMILES string of the molecule is CCn1cccc1COc1noc2ccc(-c3ccc(OC(F)(F)F)cc3)cc12. The van der Waals surface area contributed by atoms with Gasteiger partial charge >= 0.3 is 6.36 Å². The molecule has 8 heteroatoms. The van der Waals surface area contributed by atoms with Crippen molar-refractivity contribution in [3.63, 3.8) is 0 Å². The van der Waals surface area contributed by atoms with Crippen molar-refractivity contribution in [1.29, 1.82) is 0 Å². The monoisotopic (exact) mass is 402 g/mol. The molecule has 0 aliphatic carbocycles. The van der Waals surface area contributed by atoms with Crippen molar-refractivity contribution in [1.82, 2.24) is 9.72 Å². The molecule has 2 aromatic carbocycles. The fourth-order valence-corrected chi connectivity index (χ4v) is 3.08. The van der Waals surface area contributed by atoms with Crippen molar-refractivity contribution in [3.05, 3.63) is 66.5 Å². The normalized spacial score (nSPS) is 11.7. The third-order valence-electron chi connectivity index (χ3n) is 4.48. The Morgan fingerprint density at radius 2 is 1.79 bits per heavy atom. The van der Waals surface area contributed by atoms with Gasteiger partial charge in [-0.05, 0) is 59.6 Å². The lowest BCUT2D eigenvalue weighted by Crippen LogP contribution is -2.16. The lowest BCUT2D eigenvalue weighted by Gasteiger charge is -2.09. The lowest BCUT2D eigenvalue weighted by atomic mass is 10.0. The Balaban J connectivity index is 1.56. The second-order valence-corrected chi connectivity index (χ2v) is 6.35. The van der Waals surface area contributed by atoms with Gasteiger partial charge in [-0.1, -0.05) is 18.2 Å². The van der Waals surface area contributed by atoms with Gasteiger partial charge in [0.15, 0.2) is 5.58 Å². The molecule has 0 bridgehead atoms. The van der Waals surface area contributed by atoms with Crippen LogP contribution in [0.1, 0.15) is 12.6 Å². The third kappa shape index (κ3) is 4.21. The van der Waals surface area contributed by atoms with E-state index in [0.717, 1.165) is 23.4 Å². The fourth-order valence-electron chi connectivity index (χ4n) is 3.08. The largest absolute Gasteiger partial charge is 0.573 e. The average molecular weight is 402 g/mol. The zero-order chi connectivity index (χ0) is 20.4. The fraction of sp³-hybridized carbons (Fsp3) is 0.190. The number of hydrogen-bond donors (Lipinski definition) is 0. The molecule has 2 aromatic heterocycles. The van der Waals surface area contributed by atoms with E-state index in [2.05, 4.69) is 14.5 Å². The summed E-state index contributed by atoms with van der Waals surface area (Å²) in [5.41, 5.74) is 3.10. The minimum absolute atomic E-state index is 0.268. The minimum atomic E-state index is -4.72. The first-order valence-electron chi connectivity index (χ1n) is 8.95. The van der Waals surface area contributed by atoms with Gasteiger partial charge in [0.1, 0.15) is 12.4 Å². The first kappa shape index (κ1) is 18.9. The van der Waals surface area contributed by atoms with Crippen LogP contribution >= 0.6 is 0 Å². The summed E-state index contributed by atoms with van der Waals surface area (Å²) in [7, 11) is 0. The van der Waals surface area contributed by atoms with Crippen LogP contribution in [-0.2, 0) is 13.2 Å². The third-order valence-corrected chi connectivity index (χ3v) is 4.48. The van der Waals surface area contributed by atoms with Crippen LogP contribution in [-0.4, -0.2) is 16.1 Å². The number of halogens is 3. The molecule has 0 amide bonds. The van der Waals surface area contributed by atoms with E-state index in [0.29, 0.717) is 23.5 Å². The second-order valence-electron chi connectivity index (χ2n) is 6.35. The van der Waals surface area contributed by atoms with E-state index < -0.39 is 6.36 Å². The molecule has 29 heavy (non-hydrogen) atoms. The summed E-state index contributed by atoms with van der Waals surface area (Å²) in [5.74, 6) is 0.0954. The number of aryl methyl sites for hydroxylation is 1. The summed E-state index contributed by atoms with van der Waals surface area (Å²) >= 11 is 0. The summed E-state index contributed by atoms with van der Waals surface area (Å²) in [6.45, 7) is 3.23. The number of ether oxygens (including phenoxy) is 2. The van der Waals surface area contributed by atoms with Crippen molar-refractivity contribution in [3.8, 4) is 22.8 Å². The molecule has 0 unspecified atom stereocenters. The van der Waals surface area contributed by atoms with Crippen LogP contribution in [0.3, 0.4) is 0 Å². The Kier molecular flexibility index (Phi) is 4.92. The van der Waals surface area contributed by atoms with Gasteiger partial charge in [0, 0.05) is 12.7 Å². The van der Waals surface area contributed by atoms with Crippen molar-refractivity contribution in [2.75, 3.05) is 0 Å². The molecule has 0 saturated carbocycles. The summed E-state index contributed by atoms with van der Waals surface area (Å²) in [5, 5.41) is 4.68. The van der Waals surface area contributed by atoms with E-state index in [4.69, 9.17) is 9.26 Å². The number of hydrogen-bond acceptors (Lipinski definition) is 4. The highest BCUT2D eigenvalue weighted by Crippen LogP contribution is 2.32. The Morgan fingerprint density at radius 1 is 1.03 bits per heavy atom. The number of aromatic nitrogens is 2. The average Bonchev–Trinajstić information content (AvgIpc) is 3.31. The van der Waals surface area contributed by atoms with Gasteiger partial charge in [-0.25, -0.2) is 0 Å². The number of alkyl halides is 3. The molecule has 0 saturated heterocycles. The molecular formula is C21H17F3N2O3. The van der Waals surface area contributed by atoms with Crippen molar-refractivity contribution in [2.24, 2.45) is 0 Å². The van der Waals surface area contributed by atoms with E-state index in [1.165, 1.54) is 12.1 Å². The zero-order valence-corrected chi connectivity index (χ0v) is 15.4. The highest BCUT2D eigenvalue weighted by Gasteiger charge is 2.31. The molecular weight excluding hydrogens is 385 g/mol. The first-order chi connectivity index (χ1) is 13.9. The van der Waals surface area contributed by atoms with Gasteiger partial charge in [0.05, 0.1) is 11.1 Å². The second kappa shape index (κ2) is 7.54. The molecule has 4 aromatic rings. The number of nitrogens with zero attached hydrogens (tertiary/aromatic N) is 2. The van der Waals surface area contributed by atoms with Crippen molar-refractivity contribution >= 4 is 11.0 Å². The zero-order valence-electron chi connectivity index (χ0n) is 15.4. The molecule has 150 valence electrons. The maximum Gasteiger partial charge on any atom is 0.573 e. The molecule has 0 fully saturated rings. The van der Waals surface area contributed by atoms with Crippen LogP contribution in [0, 0.1) is 0 Å². The van der Waals surface area contributed by atoms with Crippen LogP contribution in [0.15, 0.2) is 65.3 Å². The molecule has 0 atom stereocenters. The van der Waals surface area contributed by atoms with Crippen molar-refractivity contribution < 1.29 is 27.2 Å². The van der Waals surface area contributed by atoms with Gasteiger partial charge in [-0.2, -0.15) is 0 Å². The standard InChI is InChI=1S/C21H17F3N2O3/c1-2-26-11-3-4-16(26)13-27-20-18-12-15(7-10-19(18)29-25-20)14-5-8-17(9-6-14)28-21(22,23)24/h3-12H,2,13H2,1H3. The van der Waals surface area contributed by atoms with Crippen LogP contribution in [0.2, 0.25) is 0 Å². The Morgan fingerprint density at radius 3 is 2.52 bits per heavy atom. The van der Waals surface area contributed by atoms with Crippen LogP contribution in [0.25, 0.3) is 22.1 Å². The molecule has 4 rings (SSSR count). The summed E-state index contributed by atoms with van der Waals surface area (Å²) < 4.78 is 54.1. The minimum Gasteiger partial charge on any atom is -0.469 e. The van der Waals surface area contributed by atoms with E-state index in [1.807, 2.05) is 31.3 Å². The molecule has 0 aliphatic rings. The molecule has 5 nitrogen and oxygen atoms in total. The highest BCUT2D eigenvalue weighted by atomic mass is 19.4. The van der Waals surface area contributed by atoms with Crippen LogP contribution < -0.4 is 9.47 Å². The quantitative estimate of drug-likeness (QED) is 0.409. The Hall–Kier alpha value is -3.42. The number of benzene rings is 2. The lowest BCUT2D eigenvalue weighted by molar-refractivity contribution is -0.274. The summed E-state index contributed by atoms with van der Waals surface area (Å²) in [4.78, 5) is 0. The number of rotatable bonds is 6. The van der Waals surface area contributed by atoms with Gasteiger partial charge in [0.25, 0.3) is 5.88 Å². The van der Waals surface area contributed by atoms with E-state index in [-0.39, 0.29) is 5.75 Å². The predicted molar refractivity (Wildman–Crippen MR) is 101 cm³/mol. The van der Waals surface area contributed by atoms with Crippen molar-refractivity contribution in [2.45, 2.75) is 26.4 Å². The first-order valence-corrected chi connectivity index (χ1v) is 8.95. The summed E-state index contributed by atoms with van der Waals surface area (Å²) in [6, 6.07) is 15.0.